The summed E-state index contributed by atoms with van der Waals surface area (Å²) in [7, 11) is -5.22. The second kappa shape index (κ2) is 8.80. The van der Waals surface area contributed by atoms with Crippen LogP contribution in [0.3, 0.4) is 0 Å². The number of hydrogen-bond donors (Lipinski definition) is 0. The molecule has 29 heavy (non-hydrogen) atoms. The maximum atomic E-state index is 11.9. The van der Waals surface area contributed by atoms with Crippen molar-refractivity contribution in [2.24, 2.45) is 0 Å². The second-order valence-electron chi connectivity index (χ2n) is 6.76. The van der Waals surface area contributed by atoms with E-state index in [1.165, 1.54) is 6.26 Å². The number of rotatable bonds is 2. The average Bonchev–Trinajstić information content (AvgIpc) is 2.66. The molecular weight excluding hydrogens is 400 g/mol. The molecule has 5 heteroatoms. The summed E-state index contributed by atoms with van der Waals surface area (Å²) in [6, 6.07) is 26.6. The van der Waals surface area contributed by atoms with E-state index in [2.05, 4.69) is 5.87 Å². The van der Waals surface area contributed by atoms with Gasteiger partial charge in [0.25, 0.3) is 0 Å². The van der Waals surface area contributed by atoms with Crippen molar-refractivity contribution in [3.63, 3.8) is 0 Å². The molecular formula is C24H26O3S2. The van der Waals surface area contributed by atoms with Gasteiger partial charge in [0.2, 0.25) is 0 Å². The Labute approximate surface area is 173 Å². The molecule has 0 heterocycles. The lowest BCUT2D eigenvalue weighted by atomic mass is 10.1. The molecule has 0 N–H and O–H groups in total. The Hall–Kier alpha value is -2.63. The first-order chi connectivity index (χ1) is 13.2. The molecule has 0 radical (unpaired) electrons. The van der Waals surface area contributed by atoms with Gasteiger partial charge in [-0.3, -0.25) is 4.21 Å². The van der Waals surface area contributed by atoms with Crippen molar-refractivity contribution >= 4 is 46.8 Å². The van der Waals surface area contributed by atoms with Gasteiger partial charge in [-0.2, -0.15) is 0 Å². The summed E-state index contributed by atoms with van der Waals surface area (Å²) in [5, 5.41) is 4.16. The molecule has 0 fully saturated rings. The molecule has 0 amide bonds. The van der Waals surface area contributed by atoms with Crippen molar-refractivity contribution < 1.29 is 12.6 Å². The lowest BCUT2D eigenvalue weighted by Gasteiger charge is -2.06. The van der Waals surface area contributed by atoms with Crippen molar-refractivity contribution in [2.75, 3.05) is 12.5 Å². The largest absolute Gasteiger partial charge is 0.263 e. The molecule has 4 aromatic rings. The van der Waals surface area contributed by atoms with Crippen LogP contribution in [0.15, 0.2) is 94.7 Å². The zero-order valence-corrected chi connectivity index (χ0v) is 17.5. The fourth-order valence-electron chi connectivity index (χ4n) is 2.97. The van der Waals surface area contributed by atoms with Crippen LogP contribution in [-0.4, -0.2) is 31.0 Å². The van der Waals surface area contributed by atoms with Crippen molar-refractivity contribution in [2.45, 2.75) is 17.2 Å². The molecule has 0 aliphatic rings. The molecule has 3 nitrogen and oxygen atoms in total. The van der Waals surface area contributed by atoms with E-state index in [9.17, 15) is 12.6 Å². The van der Waals surface area contributed by atoms with Gasteiger partial charge in [-0.05, 0) is 55.1 Å². The van der Waals surface area contributed by atoms with Gasteiger partial charge in [0.1, 0.15) is 0 Å². The topological polar surface area (TPSA) is 51.2 Å². The number of sulfone groups is 1. The van der Waals surface area contributed by atoms with Gasteiger partial charge in [0.05, 0.1) is 4.90 Å². The van der Waals surface area contributed by atoms with E-state index < -0.39 is 19.4 Å². The molecule has 0 aliphatic heterocycles. The molecule has 0 aliphatic carbocycles. The highest BCUT2D eigenvalue weighted by molar-refractivity contribution is 7.99. The zero-order valence-electron chi connectivity index (χ0n) is 15.8. The van der Waals surface area contributed by atoms with Crippen LogP contribution < -0.4 is 0 Å². The smallest absolute Gasteiger partial charge is 0.175 e. The van der Waals surface area contributed by atoms with Gasteiger partial charge in [0, 0.05) is 17.4 Å². The summed E-state index contributed by atoms with van der Waals surface area (Å²) in [6.45, 7) is 0. The first-order valence-electron chi connectivity index (χ1n) is 8.65. The summed E-state index contributed by atoms with van der Waals surface area (Å²) in [5.74, 6) is 3.72. The molecule has 0 bridgehead atoms. The van der Waals surface area contributed by atoms with E-state index in [1.807, 2.05) is 72.8 Å². The minimum absolute atomic E-state index is 0. The van der Waals surface area contributed by atoms with Crippen LogP contribution in [0.5, 0.6) is 0 Å². The Balaban J connectivity index is 0.000000200. The highest BCUT2D eigenvalue weighted by Gasteiger charge is 2.07. The first-order valence-corrected chi connectivity index (χ1v) is 12.7. The zero-order chi connectivity index (χ0) is 20.4. The fraction of sp³-hybridized carbons (Fsp3) is 0.125. The van der Waals surface area contributed by atoms with E-state index in [0.29, 0.717) is 4.90 Å². The van der Waals surface area contributed by atoms with Crippen LogP contribution in [0, 0.1) is 0 Å². The van der Waals surface area contributed by atoms with Crippen LogP contribution in [0.4, 0.5) is 0 Å². The van der Waals surface area contributed by atoms with Crippen molar-refractivity contribution in [3.05, 3.63) is 84.9 Å². The summed E-state index contributed by atoms with van der Waals surface area (Å²) in [5.41, 5.74) is 0. The Morgan fingerprint density at radius 2 is 1.21 bits per heavy atom. The van der Waals surface area contributed by atoms with Crippen LogP contribution in [-0.2, 0) is 19.4 Å². The van der Waals surface area contributed by atoms with Gasteiger partial charge in [-0.1, -0.05) is 74.2 Å². The minimum atomic E-state index is -3.09. The van der Waals surface area contributed by atoms with Crippen molar-refractivity contribution in [3.8, 4) is 0 Å². The van der Waals surface area contributed by atoms with Gasteiger partial charge in [-0.15, -0.1) is 0 Å². The van der Waals surface area contributed by atoms with Crippen LogP contribution in [0.2, 0.25) is 0 Å². The normalized spacial score (nSPS) is 13.0. The molecule has 0 saturated carbocycles. The van der Waals surface area contributed by atoms with E-state index >= 15 is 0 Å². The predicted octanol–water partition coefficient (Wildman–Crippen LogP) is 5.42. The third-order valence-electron chi connectivity index (χ3n) is 4.36. The molecule has 4 rings (SSSR count). The van der Waals surface area contributed by atoms with Crippen LogP contribution in [0.25, 0.3) is 21.5 Å². The third kappa shape index (κ3) is 5.46. The maximum absolute atomic E-state index is 11.9. The maximum Gasteiger partial charge on any atom is 0.175 e. The van der Waals surface area contributed by atoms with E-state index in [1.54, 1.807) is 18.4 Å². The SMILES string of the molecule is C.C=S(C)(=O)c1cccc2ccccc12.CS(=O)(=O)c1ccc2ccccc2c1. The van der Waals surface area contributed by atoms with E-state index in [-0.39, 0.29) is 7.43 Å². The summed E-state index contributed by atoms with van der Waals surface area (Å²) >= 11 is 0. The van der Waals surface area contributed by atoms with Crippen molar-refractivity contribution in [1.29, 1.82) is 0 Å². The minimum Gasteiger partial charge on any atom is -0.263 e. The van der Waals surface area contributed by atoms with Crippen LogP contribution in [0.1, 0.15) is 7.43 Å². The molecule has 0 saturated heterocycles. The second-order valence-corrected chi connectivity index (χ2v) is 11.2. The van der Waals surface area contributed by atoms with Gasteiger partial charge < -0.3 is 0 Å². The molecule has 152 valence electrons. The summed E-state index contributed by atoms with van der Waals surface area (Å²) in [4.78, 5) is 1.21. The van der Waals surface area contributed by atoms with Gasteiger partial charge in [-0.25, -0.2) is 8.42 Å². The van der Waals surface area contributed by atoms with Gasteiger partial charge >= 0.3 is 0 Å². The Morgan fingerprint density at radius 3 is 1.83 bits per heavy atom. The quantitative estimate of drug-likeness (QED) is 0.402. The first kappa shape index (κ1) is 22.7. The van der Waals surface area contributed by atoms with E-state index in [4.69, 9.17) is 0 Å². The molecule has 0 aromatic heterocycles. The fourth-order valence-corrected chi connectivity index (χ4v) is 4.64. The molecule has 1 atom stereocenters. The highest BCUT2D eigenvalue weighted by Crippen LogP contribution is 2.22. The molecule has 1 unspecified atom stereocenters. The molecule has 4 aromatic carbocycles. The monoisotopic (exact) mass is 426 g/mol. The van der Waals surface area contributed by atoms with Crippen LogP contribution >= 0.6 is 0 Å². The number of fused-ring (bicyclic) bond motifs is 2. The lowest BCUT2D eigenvalue weighted by molar-refractivity contribution is 0.602. The third-order valence-corrected chi connectivity index (χ3v) is 6.76. The Bertz CT molecular complexity index is 1340. The van der Waals surface area contributed by atoms with Gasteiger partial charge in [0.15, 0.2) is 9.84 Å². The Morgan fingerprint density at radius 1 is 0.655 bits per heavy atom. The summed E-state index contributed by atoms with van der Waals surface area (Å²) < 4.78 is 34.4. The highest BCUT2D eigenvalue weighted by atomic mass is 32.2. The van der Waals surface area contributed by atoms with Crippen molar-refractivity contribution in [1.82, 2.24) is 0 Å². The number of hydrogen-bond acceptors (Lipinski definition) is 3. The average molecular weight is 427 g/mol. The summed E-state index contributed by atoms with van der Waals surface area (Å²) in [6.07, 6.45) is 2.89. The molecule has 0 spiro atoms. The van der Waals surface area contributed by atoms with E-state index in [0.717, 1.165) is 26.4 Å². The lowest BCUT2D eigenvalue weighted by Crippen LogP contribution is -1.97. The Kier molecular flexibility index (Phi) is 6.88. The predicted molar refractivity (Wildman–Crippen MR) is 127 cm³/mol. The number of benzene rings is 4. The standard InChI is InChI=1S/C12H12OS.C11H10O2S.CH4/c1-14(2,13)12-9-5-7-10-6-3-4-8-11(10)12;1-14(12,13)11-7-6-9-4-2-3-5-10(9)8-11;/h3-9H,1H2,2H3;2-8H,1H3;1H4.